The summed E-state index contributed by atoms with van der Waals surface area (Å²) in [5.41, 5.74) is 7.57. The quantitative estimate of drug-likeness (QED) is 0.0874. The molecule has 7 rings (SSSR count). The van der Waals surface area contributed by atoms with E-state index in [1.807, 2.05) is 0 Å². The van der Waals surface area contributed by atoms with E-state index in [9.17, 15) is 0 Å². The molecule has 0 aliphatic carbocycles. The predicted molar refractivity (Wildman–Crippen MR) is 244 cm³/mol. The van der Waals surface area contributed by atoms with Crippen molar-refractivity contribution < 1.29 is 13.7 Å². The molecule has 0 saturated heterocycles. The Morgan fingerprint density at radius 2 is 0.544 bits per heavy atom. The van der Waals surface area contributed by atoms with Crippen molar-refractivity contribution >= 4 is 65.4 Å². The zero-order valence-corrected chi connectivity index (χ0v) is 39.1. The Morgan fingerprint density at radius 1 is 0.333 bits per heavy atom. The number of rotatable bonds is 12. The van der Waals surface area contributed by atoms with Crippen molar-refractivity contribution in [2.24, 2.45) is 0 Å². The smallest absolute Gasteiger partial charge is 0.225 e. The highest BCUT2D eigenvalue weighted by atomic mass is 15.2. The lowest BCUT2D eigenvalue weighted by molar-refractivity contribution is -0.736. The van der Waals surface area contributed by atoms with Gasteiger partial charge in [0.05, 0.1) is 0 Å². The summed E-state index contributed by atoms with van der Waals surface area (Å²) in [4.78, 5) is 0. The van der Waals surface area contributed by atoms with Gasteiger partial charge in [0.15, 0.2) is 33.1 Å². The van der Waals surface area contributed by atoms with Crippen molar-refractivity contribution in [2.75, 3.05) is 0 Å². The van der Waals surface area contributed by atoms with E-state index in [0.29, 0.717) is 0 Å². The minimum absolute atomic E-state index is 0.0452. The zero-order chi connectivity index (χ0) is 42.0. The molecule has 0 radical (unpaired) electrons. The van der Waals surface area contributed by atoms with Crippen LogP contribution >= 0.6 is 0 Å². The van der Waals surface area contributed by atoms with E-state index in [1.54, 1.807) is 0 Å². The number of hydrogen-bond acceptors (Lipinski definition) is 0. The lowest BCUT2D eigenvalue weighted by Gasteiger charge is -2.21. The molecule has 0 amide bonds. The van der Waals surface area contributed by atoms with Gasteiger partial charge in [0.25, 0.3) is 0 Å². The molecule has 0 bridgehead atoms. The fraction of sp³-hybridized carbons (Fsp3) is 0.588. The van der Waals surface area contributed by atoms with Gasteiger partial charge in [0, 0.05) is 0 Å². The normalized spacial score (nSPS) is 14.2. The summed E-state index contributed by atoms with van der Waals surface area (Å²) in [6, 6.07) is 15.3. The second kappa shape index (κ2) is 13.3. The van der Waals surface area contributed by atoms with Crippen LogP contribution in [-0.4, -0.2) is 13.7 Å². The molecule has 0 aliphatic rings. The number of fused-ring (bicyclic) bond motifs is 9. The molecule has 0 saturated carbocycles. The summed E-state index contributed by atoms with van der Waals surface area (Å²) in [5, 5.41) is 7.98. The maximum Gasteiger partial charge on any atom is 0.245 e. The van der Waals surface area contributed by atoms with Crippen molar-refractivity contribution in [1.29, 1.82) is 0 Å². The Labute approximate surface area is 343 Å². The maximum atomic E-state index is 2.57. The molecular formula is C51H75N6+3. The van der Waals surface area contributed by atoms with Crippen LogP contribution in [0.4, 0.5) is 0 Å². The number of hydrogen-bond donors (Lipinski definition) is 0. The third kappa shape index (κ3) is 6.12. The SMILES string of the molecule is CCC(C)(C)n1c[n+](C(C)(C)CC)c2cc3c(cc21)c1cc2c(cc1c1cc4c(cc31)n(C(C)(C)CC)c[n+]4C(C)(C)CC)n(C(C)(C)CC)c[n+]2C(C)(C)CC. The number of benzene rings is 4. The number of aromatic nitrogens is 6. The summed E-state index contributed by atoms with van der Waals surface area (Å²) >= 11 is 0. The molecule has 0 fully saturated rings. The zero-order valence-electron chi connectivity index (χ0n) is 39.1. The average molecular weight is 772 g/mol. The summed E-state index contributed by atoms with van der Waals surface area (Å²) in [7, 11) is 0. The van der Waals surface area contributed by atoms with Crippen LogP contribution in [0.25, 0.3) is 65.4 Å². The molecule has 0 atom stereocenters. The minimum Gasteiger partial charge on any atom is -0.225 e. The number of imidazole rings is 3. The molecule has 0 aliphatic heterocycles. The second-order valence-electron chi connectivity index (χ2n) is 21.2. The van der Waals surface area contributed by atoms with Crippen molar-refractivity contribution in [1.82, 2.24) is 13.7 Å². The molecule has 4 aromatic carbocycles. The van der Waals surface area contributed by atoms with E-state index in [1.165, 1.54) is 65.4 Å². The topological polar surface area (TPSA) is 26.4 Å². The van der Waals surface area contributed by atoms with E-state index in [0.717, 1.165) is 38.5 Å². The molecule has 306 valence electrons. The largest absolute Gasteiger partial charge is 0.245 e. The summed E-state index contributed by atoms with van der Waals surface area (Å²) in [6.07, 6.45) is 13.5. The third-order valence-electron chi connectivity index (χ3n) is 15.6. The number of nitrogens with zero attached hydrogens (tertiary/aromatic N) is 6. The van der Waals surface area contributed by atoms with Gasteiger partial charge < -0.3 is 0 Å². The summed E-state index contributed by atoms with van der Waals surface area (Å²) in [6.45, 7) is 42.6. The molecule has 3 aromatic heterocycles. The van der Waals surface area contributed by atoms with Gasteiger partial charge in [0.2, 0.25) is 19.0 Å². The highest BCUT2D eigenvalue weighted by Gasteiger charge is 2.38. The van der Waals surface area contributed by atoms with Gasteiger partial charge in [-0.25, -0.2) is 27.4 Å². The molecule has 0 unspecified atom stereocenters. The van der Waals surface area contributed by atoms with Crippen LogP contribution in [0.3, 0.4) is 0 Å². The molecule has 0 N–H and O–H groups in total. The Bertz CT molecular complexity index is 2200. The van der Waals surface area contributed by atoms with Crippen LogP contribution in [0.15, 0.2) is 55.4 Å². The average Bonchev–Trinajstić information content (AvgIpc) is 3.89. The van der Waals surface area contributed by atoms with E-state index in [-0.39, 0.29) is 33.2 Å². The van der Waals surface area contributed by atoms with Gasteiger partial charge in [0.1, 0.15) is 33.2 Å². The standard InChI is InChI=1S/C51H75N6/c1-19-46(7,8)52-31-53(47(9,10)20-2)41-26-35-34(25-40(41)52)36-27-42-44(56(50(15,16)23-5)32-54(42)48(11,12)21-3)29-38(36)39-30-45-43(28-37(35)39)55(49(13,14)22-4)33-57(45)51(17,18)24-6/h25-33H,19-24H2,1-18H3/q+3. The van der Waals surface area contributed by atoms with Crippen molar-refractivity contribution in [3.05, 3.63) is 55.4 Å². The first-order valence-corrected chi connectivity index (χ1v) is 22.3. The van der Waals surface area contributed by atoms with Gasteiger partial charge in [-0.15, -0.1) is 0 Å². The fourth-order valence-corrected chi connectivity index (χ4v) is 8.86. The van der Waals surface area contributed by atoms with Crippen molar-refractivity contribution in [3.63, 3.8) is 0 Å². The third-order valence-corrected chi connectivity index (χ3v) is 15.6. The van der Waals surface area contributed by atoms with Gasteiger partial charge in [-0.1, -0.05) is 41.5 Å². The van der Waals surface area contributed by atoms with Crippen molar-refractivity contribution in [2.45, 2.75) is 196 Å². The molecule has 57 heavy (non-hydrogen) atoms. The lowest BCUT2D eigenvalue weighted by atomic mass is 9.91. The van der Waals surface area contributed by atoms with Gasteiger partial charge in [-0.3, -0.25) is 0 Å². The Morgan fingerprint density at radius 3 is 0.737 bits per heavy atom. The lowest BCUT2D eigenvalue weighted by Crippen LogP contribution is -2.51. The molecule has 6 nitrogen and oxygen atoms in total. The highest BCUT2D eigenvalue weighted by molar-refractivity contribution is 6.29. The van der Waals surface area contributed by atoms with E-state index in [2.05, 4.69) is 207 Å². The predicted octanol–water partition coefficient (Wildman–Crippen LogP) is 12.7. The fourth-order valence-electron chi connectivity index (χ4n) is 8.86. The Kier molecular flexibility index (Phi) is 9.62. The summed E-state index contributed by atoms with van der Waals surface area (Å²) < 4.78 is 15.4. The first-order chi connectivity index (χ1) is 26.4. The highest BCUT2D eigenvalue weighted by Crippen LogP contribution is 2.43. The van der Waals surface area contributed by atoms with Crippen LogP contribution in [0, 0.1) is 0 Å². The van der Waals surface area contributed by atoms with Crippen LogP contribution in [0.1, 0.15) is 163 Å². The van der Waals surface area contributed by atoms with E-state index < -0.39 is 0 Å². The minimum atomic E-state index is -0.0452. The van der Waals surface area contributed by atoms with E-state index in [4.69, 9.17) is 0 Å². The van der Waals surface area contributed by atoms with Gasteiger partial charge in [-0.2, -0.15) is 0 Å². The maximum absolute atomic E-state index is 2.57. The second-order valence-corrected chi connectivity index (χ2v) is 21.2. The molecule has 0 spiro atoms. The van der Waals surface area contributed by atoms with E-state index >= 15 is 0 Å². The van der Waals surface area contributed by atoms with Gasteiger partial charge >= 0.3 is 0 Å². The van der Waals surface area contributed by atoms with Crippen LogP contribution < -0.4 is 13.7 Å². The molecule has 7 aromatic rings. The monoisotopic (exact) mass is 772 g/mol. The summed E-state index contributed by atoms with van der Waals surface area (Å²) in [5.74, 6) is 0. The molecule has 6 heteroatoms. The van der Waals surface area contributed by atoms with Crippen molar-refractivity contribution in [3.8, 4) is 0 Å². The van der Waals surface area contributed by atoms with Gasteiger partial charge in [-0.05, 0) is 190 Å². The molecule has 3 heterocycles. The van der Waals surface area contributed by atoms with Crippen LogP contribution in [0.2, 0.25) is 0 Å². The Hall–Kier alpha value is -3.93. The first-order valence-electron chi connectivity index (χ1n) is 22.3. The Balaban J connectivity index is 1.81. The first kappa shape index (κ1) is 41.2. The molecular weight excluding hydrogens is 697 g/mol. The van der Waals surface area contributed by atoms with Crippen LogP contribution in [-0.2, 0) is 33.2 Å². The van der Waals surface area contributed by atoms with Crippen LogP contribution in [0.5, 0.6) is 0 Å².